The summed E-state index contributed by atoms with van der Waals surface area (Å²) in [4.78, 5) is 0. The molecule has 0 saturated carbocycles. The molecule has 2 aromatic rings. The Morgan fingerprint density at radius 2 is 1.73 bits per heavy atom. The summed E-state index contributed by atoms with van der Waals surface area (Å²) in [6.45, 7) is 0. The minimum Gasteiger partial charge on any atom is -0.192 e. The molecule has 15 heavy (non-hydrogen) atoms. The highest BCUT2D eigenvalue weighted by Gasteiger charge is 2.04. The van der Waals surface area contributed by atoms with Crippen LogP contribution in [0.25, 0.3) is 11.1 Å². The van der Waals surface area contributed by atoms with Gasteiger partial charge in [0.1, 0.15) is 0 Å². The zero-order chi connectivity index (χ0) is 10.7. The quantitative estimate of drug-likeness (QED) is 0.758. The van der Waals surface area contributed by atoms with Gasteiger partial charge in [-0.2, -0.15) is 5.26 Å². The largest absolute Gasteiger partial charge is 0.192 e. The first-order chi connectivity index (χ1) is 7.31. The van der Waals surface area contributed by atoms with Crippen LogP contribution in [-0.4, -0.2) is 0 Å². The molecule has 0 bridgehead atoms. The van der Waals surface area contributed by atoms with Gasteiger partial charge in [-0.15, -0.1) is 0 Å². The Morgan fingerprint density at radius 1 is 1.00 bits per heavy atom. The molecular formula is C13H8BrN. The normalized spacial score (nSPS) is 9.60. The first-order valence-electron chi connectivity index (χ1n) is 4.56. The lowest BCUT2D eigenvalue weighted by Gasteiger charge is -2.04. The molecule has 0 spiro atoms. The average molecular weight is 258 g/mol. The molecule has 0 aliphatic carbocycles. The summed E-state index contributed by atoms with van der Waals surface area (Å²) in [7, 11) is 0. The predicted molar refractivity (Wildman–Crippen MR) is 64.3 cm³/mol. The van der Waals surface area contributed by atoms with Crippen LogP contribution in [-0.2, 0) is 0 Å². The third kappa shape index (κ3) is 2.08. The molecule has 72 valence electrons. The second-order valence-corrected chi connectivity index (χ2v) is 4.08. The van der Waals surface area contributed by atoms with E-state index in [1.165, 1.54) is 0 Å². The van der Waals surface area contributed by atoms with Gasteiger partial charge in [-0.05, 0) is 23.8 Å². The molecule has 0 N–H and O–H groups in total. The van der Waals surface area contributed by atoms with E-state index in [4.69, 9.17) is 5.26 Å². The van der Waals surface area contributed by atoms with Crippen LogP contribution < -0.4 is 0 Å². The molecule has 0 saturated heterocycles. The second-order valence-electron chi connectivity index (χ2n) is 3.17. The smallest absolute Gasteiger partial charge is 0.0998 e. The molecule has 0 aromatic heterocycles. The summed E-state index contributed by atoms with van der Waals surface area (Å²) in [6.07, 6.45) is 0. The summed E-state index contributed by atoms with van der Waals surface area (Å²) in [6, 6.07) is 17.8. The van der Waals surface area contributed by atoms with Crippen molar-refractivity contribution in [3.63, 3.8) is 0 Å². The van der Waals surface area contributed by atoms with Gasteiger partial charge in [-0.3, -0.25) is 0 Å². The molecule has 2 heteroatoms. The number of rotatable bonds is 1. The van der Waals surface area contributed by atoms with Gasteiger partial charge >= 0.3 is 0 Å². The van der Waals surface area contributed by atoms with Crippen LogP contribution in [0.15, 0.2) is 53.0 Å². The van der Waals surface area contributed by atoms with Crippen LogP contribution in [0.3, 0.4) is 0 Å². The molecule has 0 unspecified atom stereocenters. The van der Waals surface area contributed by atoms with Gasteiger partial charge in [-0.25, -0.2) is 0 Å². The van der Waals surface area contributed by atoms with Crippen LogP contribution in [0.2, 0.25) is 0 Å². The van der Waals surface area contributed by atoms with E-state index in [1.54, 1.807) is 0 Å². The number of nitrogens with zero attached hydrogens (tertiary/aromatic N) is 1. The van der Waals surface area contributed by atoms with Crippen molar-refractivity contribution in [3.8, 4) is 17.2 Å². The van der Waals surface area contributed by atoms with Crippen LogP contribution in [0.4, 0.5) is 0 Å². The van der Waals surface area contributed by atoms with Gasteiger partial charge in [0.2, 0.25) is 0 Å². The number of nitriles is 1. The van der Waals surface area contributed by atoms with Gasteiger partial charge in [0.25, 0.3) is 0 Å². The van der Waals surface area contributed by atoms with Crippen molar-refractivity contribution in [1.82, 2.24) is 0 Å². The number of halogens is 1. The number of hydrogen-bond donors (Lipinski definition) is 0. The van der Waals surface area contributed by atoms with Gasteiger partial charge in [0.15, 0.2) is 0 Å². The zero-order valence-electron chi connectivity index (χ0n) is 7.94. The zero-order valence-corrected chi connectivity index (χ0v) is 9.53. The third-order valence-corrected chi connectivity index (χ3v) is 2.68. The molecule has 1 nitrogen and oxygen atoms in total. The van der Waals surface area contributed by atoms with Crippen molar-refractivity contribution in [3.05, 3.63) is 58.6 Å². The van der Waals surface area contributed by atoms with Crippen molar-refractivity contribution in [2.75, 3.05) is 0 Å². The van der Waals surface area contributed by atoms with Crippen LogP contribution in [0, 0.1) is 11.3 Å². The Hall–Kier alpha value is -1.59. The third-order valence-electron chi connectivity index (χ3n) is 2.19. The summed E-state index contributed by atoms with van der Waals surface area (Å²) < 4.78 is 0.986. The number of benzene rings is 2. The summed E-state index contributed by atoms with van der Waals surface area (Å²) in [5.74, 6) is 0. The highest BCUT2D eigenvalue weighted by molar-refractivity contribution is 9.10. The predicted octanol–water partition coefficient (Wildman–Crippen LogP) is 3.99. The molecule has 0 aliphatic heterocycles. The lowest BCUT2D eigenvalue weighted by molar-refractivity contribution is 1.47. The lowest BCUT2D eigenvalue weighted by Crippen LogP contribution is -1.83. The summed E-state index contributed by atoms with van der Waals surface area (Å²) in [5, 5.41) is 9.01. The molecule has 0 fully saturated rings. The van der Waals surface area contributed by atoms with E-state index in [1.807, 2.05) is 48.5 Å². The van der Waals surface area contributed by atoms with E-state index in [-0.39, 0.29) is 0 Å². The first-order valence-corrected chi connectivity index (χ1v) is 5.35. The fourth-order valence-corrected chi connectivity index (χ4v) is 1.83. The first kappa shape index (κ1) is 9.95. The van der Waals surface area contributed by atoms with Crippen molar-refractivity contribution in [2.45, 2.75) is 0 Å². The maximum absolute atomic E-state index is 9.01. The van der Waals surface area contributed by atoms with Gasteiger partial charge in [-0.1, -0.05) is 46.3 Å². The molecule has 0 heterocycles. The van der Waals surface area contributed by atoms with Crippen LogP contribution >= 0.6 is 15.9 Å². The standard InChI is InChI=1S/C13H8BrN/c14-12-7-6-11(9-15)13(8-12)10-4-2-1-3-5-10/h1-8H. The molecule has 0 amide bonds. The highest BCUT2D eigenvalue weighted by Crippen LogP contribution is 2.26. The van der Waals surface area contributed by atoms with Crippen molar-refractivity contribution < 1.29 is 0 Å². The molecule has 0 atom stereocenters. The van der Waals surface area contributed by atoms with Gasteiger partial charge in [0.05, 0.1) is 11.6 Å². The lowest BCUT2D eigenvalue weighted by atomic mass is 10.0. The van der Waals surface area contributed by atoms with Crippen molar-refractivity contribution in [1.29, 1.82) is 5.26 Å². The van der Waals surface area contributed by atoms with E-state index in [0.29, 0.717) is 5.56 Å². The Bertz CT molecular complexity index is 512. The average Bonchev–Trinajstić information content (AvgIpc) is 2.30. The summed E-state index contributed by atoms with van der Waals surface area (Å²) >= 11 is 3.41. The van der Waals surface area contributed by atoms with Crippen molar-refractivity contribution >= 4 is 15.9 Å². The topological polar surface area (TPSA) is 23.8 Å². The van der Waals surface area contributed by atoms with E-state index in [0.717, 1.165) is 15.6 Å². The molecule has 0 aliphatic rings. The van der Waals surface area contributed by atoms with Gasteiger partial charge in [0, 0.05) is 10.0 Å². The Kier molecular flexibility index (Phi) is 2.84. The monoisotopic (exact) mass is 257 g/mol. The highest BCUT2D eigenvalue weighted by atomic mass is 79.9. The molecule has 2 rings (SSSR count). The van der Waals surface area contributed by atoms with Gasteiger partial charge < -0.3 is 0 Å². The Balaban J connectivity index is 2.62. The fourth-order valence-electron chi connectivity index (χ4n) is 1.47. The van der Waals surface area contributed by atoms with E-state index < -0.39 is 0 Å². The fraction of sp³-hybridized carbons (Fsp3) is 0. The molecule has 0 radical (unpaired) electrons. The minimum atomic E-state index is 0.699. The van der Waals surface area contributed by atoms with Crippen LogP contribution in [0.1, 0.15) is 5.56 Å². The Labute approximate surface area is 97.1 Å². The SMILES string of the molecule is N#Cc1ccc(Br)cc1-c1ccccc1. The maximum atomic E-state index is 9.01. The minimum absolute atomic E-state index is 0.699. The van der Waals surface area contributed by atoms with E-state index >= 15 is 0 Å². The molecule has 2 aromatic carbocycles. The maximum Gasteiger partial charge on any atom is 0.0998 e. The summed E-state index contributed by atoms with van der Waals surface area (Å²) in [5.41, 5.74) is 2.73. The Morgan fingerprint density at radius 3 is 2.40 bits per heavy atom. The van der Waals surface area contributed by atoms with E-state index in [2.05, 4.69) is 22.0 Å². The van der Waals surface area contributed by atoms with Crippen LogP contribution in [0.5, 0.6) is 0 Å². The number of hydrogen-bond acceptors (Lipinski definition) is 1. The van der Waals surface area contributed by atoms with E-state index in [9.17, 15) is 0 Å². The molecular weight excluding hydrogens is 250 g/mol. The second kappa shape index (κ2) is 4.29. The van der Waals surface area contributed by atoms with Crippen molar-refractivity contribution in [2.24, 2.45) is 0 Å².